The summed E-state index contributed by atoms with van der Waals surface area (Å²) in [6, 6.07) is 9.65. The van der Waals surface area contributed by atoms with Gasteiger partial charge in [0.25, 0.3) is 5.91 Å². The second kappa shape index (κ2) is 9.07. The summed E-state index contributed by atoms with van der Waals surface area (Å²) < 4.78 is 5.44. The van der Waals surface area contributed by atoms with Gasteiger partial charge in [-0.05, 0) is 29.1 Å². The topological polar surface area (TPSA) is 74.1 Å². The van der Waals surface area contributed by atoms with E-state index in [1.165, 1.54) is 16.2 Å². The van der Waals surface area contributed by atoms with E-state index >= 15 is 0 Å². The Labute approximate surface area is 174 Å². The highest BCUT2D eigenvalue weighted by atomic mass is 32.1. The van der Waals surface area contributed by atoms with Crippen LogP contribution in [0.3, 0.4) is 0 Å². The molecular formula is C22H24N2O4S. The Kier molecular flexibility index (Phi) is 6.51. The summed E-state index contributed by atoms with van der Waals surface area (Å²) in [5.74, 6) is -1.14. The third-order valence-electron chi connectivity index (χ3n) is 4.68. The van der Waals surface area contributed by atoms with Gasteiger partial charge in [0.05, 0.1) is 33.2 Å². The number of carbonyl (C=O) groups is 2. The number of carbonyl (C=O) groups excluding carboxylic acids is 2. The van der Waals surface area contributed by atoms with Crippen molar-refractivity contribution in [3.05, 3.63) is 70.4 Å². The number of benzene rings is 1. The maximum absolute atomic E-state index is 13.2. The Bertz CT molecular complexity index is 917. The second-order valence-electron chi connectivity index (χ2n) is 7.07. The van der Waals surface area contributed by atoms with Crippen molar-refractivity contribution in [3.8, 4) is 5.75 Å². The molecule has 1 aliphatic rings. The zero-order valence-electron chi connectivity index (χ0n) is 16.5. The van der Waals surface area contributed by atoms with Crippen LogP contribution in [-0.4, -0.2) is 50.4 Å². The number of ether oxygens (including phenoxy) is 1. The number of hydrogen-bond acceptors (Lipinski definition) is 5. The molecule has 0 radical (unpaired) electrons. The summed E-state index contributed by atoms with van der Waals surface area (Å²) in [4.78, 5) is 29.0. The lowest BCUT2D eigenvalue weighted by atomic mass is 10.00. The fraction of sp³-hybridized carbons (Fsp3) is 0.273. The lowest BCUT2D eigenvalue weighted by molar-refractivity contribution is -0.857. The minimum absolute atomic E-state index is 0.0194. The summed E-state index contributed by atoms with van der Waals surface area (Å²) in [6.45, 7) is 5.04. The van der Waals surface area contributed by atoms with E-state index in [1.807, 2.05) is 31.6 Å². The first-order valence-electron chi connectivity index (χ1n) is 9.37. The first-order chi connectivity index (χ1) is 13.9. The fourth-order valence-electron chi connectivity index (χ4n) is 3.20. The Balaban J connectivity index is 2.00. The lowest BCUT2D eigenvalue weighted by Crippen LogP contribution is -3.06. The molecule has 1 saturated heterocycles. The van der Waals surface area contributed by atoms with Crippen molar-refractivity contribution in [2.45, 2.75) is 6.04 Å². The molecule has 1 N–H and O–H groups in total. The van der Waals surface area contributed by atoms with Crippen molar-refractivity contribution < 1.29 is 24.3 Å². The normalized spacial score (nSPS) is 18.4. The van der Waals surface area contributed by atoms with E-state index in [4.69, 9.17) is 4.74 Å². The molecule has 7 heteroatoms. The summed E-state index contributed by atoms with van der Waals surface area (Å²) >= 11 is 1.43. The molecule has 29 heavy (non-hydrogen) atoms. The highest BCUT2D eigenvalue weighted by Gasteiger charge is 2.44. The number of Topliss-reactive ketones (excluding diaryl/α,β-unsaturated/α-hetero) is 1. The second-order valence-corrected chi connectivity index (χ2v) is 8.05. The molecule has 2 aromatic rings. The molecule has 1 fully saturated rings. The van der Waals surface area contributed by atoms with E-state index in [1.54, 1.807) is 30.3 Å². The summed E-state index contributed by atoms with van der Waals surface area (Å²) in [6.07, 6.45) is 1.63. The molecule has 0 spiro atoms. The van der Waals surface area contributed by atoms with Gasteiger partial charge in [-0.1, -0.05) is 36.6 Å². The molecule has 2 heterocycles. The van der Waals surface area contributed by atoms with Gasteiger partial charge in [-0.3, -0.25) is 9.59 Å². The Morgan fingerprint density at radius 1 is 1.28 bits per heavy atom. The predicted octanol–water partition coefficient (Wildman–Crippen LogP) is 0.681. The lowest BCUT2D eigenvalue weighted by Gasteiger charge is -2.26. The Hall–Kier alpha value is -2.90. The number of hydrogen-bond donors (Lipinski definition) is 1. The highest BCUT2D eigenvalue weighted by molar-refractivity contribution is 7.10. The Morgan fingerprint density at radius 3 is 2.59 bits per heavy atom. The molecule has 1 aromatic heterocycles. The van der Waals surface area contributed by atoms with E-state index in [9.17, 15) is 14.7 Å². The van der Waals surface area contributed by atoms with Crippen LogP contribution in [0.1, 0.15) is 16.5 Å². The van der Waals surface area contributed by atoms with Crippen LogP contribution in [-0.2, 0) is 9.59 Å². The van der Waals surface area contributed by atoms with Crippen LogP contribution in [0.5, 0.6) is 5.75 Å². The first kappa shape index (κ1) is 20.8. The largest absolute Gasteiger partial charge is 0.872 e. The van der Waals surface area contributed by atoms with Crippen LogP contribution < -0.4 is 14.7 Å². The number of quaternary nitrogens is 1. The van der Waals surface area contributed by atoms with Crippen LogP contribution in [0.15, 0.2) is 60.0 Å². The maximum Gasteiger partial charge on any atom is 0.295 e. The van der Waals surface area contributed by atoms with E-state index in [-0.39, 0.29) is 5.57 Å². The standard InChI is InChI=1S/C22H24N2O4S/c1-4-13-28-16-9-7-15(8-10-16)20(25)18-19(17-6-5-14-29-17)24(12-11-23(2)3)22(27)21(18)26/h4-10,14,19,25H,1,11-13H2,2-3H3/b20-18+. The minimum atomic E-state index is -0.714. The van der Waals surface area contributed by atoms with Crippen LogP contribution >= 0.6 is 11.3 Å². The molecule has 1 atom stereocenters. The average Bonchev–Trinajstić information content (AvgIpc) is 3.32. The van der Waals surface area contributed by atoms with E-state index in [0.29, 0.717) is 31.0 Å². The number of nitrogens with zero attached hydrogens (tertiary/aromatic N) is 1. The van der Waals surface area contributed by atoms with Crippen LogP contribution in [0.25, 0.3) is 5.76 Å². The van der Waals surface area contributed by atoms with Gasteiger partial charge in [0, 0.05) is 10.5 Å². The van der Waals surface area contributed by atoms with Crippen LogP contribution in [0.2, 0.25) is 0 Å². The third kappa shape index (κ3) is 4.41. The number of nitrogens with one attached hydrogen (secondary N) is 1. The third-order valence-corrected chi connectivity index (χ3v) is 5.60. The summed E-state index contributed by atoms with van der Waals surface area (Å²) in [5.41, 5.74) is 0.375. The van der Waals surface area contributed by atoms with Gasteiger partial charge in [-0.25, -0.2) is 0 Å². The number of likely N-dealkylation sites (tertiary alicyclic amines) is 1. The van der Waals surface area contributed by atoms with Crippen molar-refractivity contribution in [1.82, 2.24) is 4.90 Å². The zero-order chi connectivity index (χ0) is 21.0. The van der Waals surface area contributed by atoms with Gasteiger partial charge < -0.3 is 19.6 Å². The van der Waals surface area contributed by atoms with E-state index in [0.717, 1.165) is 9.78 Å². The van der Waals surface area contributed by atoms with E-state index < -0.39 is 23.5 Å². The molecule has 6 nitrogen and oxygen atoms in total. The van der Waals surface area contributed by atoms with Crippen LogP contribution in [0.4, 0.5) is 0 Å². The average molecular weight is 413 g/mol. The molecule has 0 aliphatic carbocycles. The number of rotatable bonds is 8. The molecule has 3 rings (SSSR count). The monoisotopic (exact) mass is 412 g/mol. The maximum atomic E-state index is 13.2. The first-order valence-corrected chi connectivity index (χ1v) is 10.2. The predicted molar refractivity (Wildman–Crippen MR) is 111 cm³/mol. The van der Waals surface area contributed by atoms with Gasteiger partial charge in [0.1, 0.15) is 12.4 Å². The minimum Gasteiger partial charge on any atom is -0.872 e. The molecular weight excluding hydrogens is 388 g/mol. The fourth-order valence-corrected chi connectivity index (χ4v) is 4.05. The van der Waals surface area contributed by atoms with Gasteiger partial charge in [0.2, 0.25) is 5.78 Å². The van der Waals surface area contributed by atoms with E-state index in [2.05, 4.69) is 6.58 Å². The molecule has 1 aliphatic heterocycles. The summed E-state index contributed by atoms with van der Waals surface area (Å²) in [5, 5.41) is 15.1. The van der Waals surface area contributed by atoms with Gasteiger partial charge >= 0.3 is 0 Å². The zero-order valence-corrected chi connectivity index (χ0v) is 17.3. The van der Waals surface area contributed by atoms with Crippen molar-refractivity contribution in [1.29, 1.82) is 0 Å². The molecule has 0 bridgehead atoms. The quantitative estimate of drug-likeness (QED) is 0.300. The van der Waals surface area contributed by atoms with Crippen molar-refractivity contribution in [2.24, 2.45) is 0 Å². The number of ketones is 1. The van der Waals surface area contributed by atoms with Gasteiger partial charge in [-0.2, -0.15) is 0 Å². The molecule has 1 unspecified atom stereocenters. The van der Waals surface area contributed by atoms with Crippen molar-refractivity contribution in [2.75, 3.05) is 33.8 Å². The molecule has 0 saturated carbocycles. The molecule has 1 amide bonds. The molecule has 1 aromatic carbocycles. The summed E-state index contributed by atoms with van der Waals surface area (Å²) in [7, 11) is 3.96. The highest BCUT2D eigenvalue weighted by Crippen LogP contribution is 2.40. The Morgan fingerprint density at radius 2 is 2.00 bits per heavy atom. The van der Waals surface area contributed by atoms with Crippen LogP contribution in [0, 0.1) is 0 Å². The SMILES string of the molecule is C=CCOc1ccc(/C([O-])=C2\C(=O)C(=O)N(CC[NH+](C)C)C2c2cccs2)cc1. The molecule has 152 valence electrons. The smallest absolute Gasteiger partial charge is 0.295 e. The number of likely N-dealkylation sites (N-methyl/N-ethyl adjacent to an activating group) is 1. The van der Waals surface area contributed by atoms with Gasteiger partial charge in [0.15, 0.2) is 0 Å². The van der Waals surface area contributed by atoms with Gasteiger partial charge in [-0.15, -0.1) is 11.3 Å². The number of thiophene rings is 1. The number of amides is 1. The van der Waals surface area contributed by atoms with Crippen molar-refractivity contribution in [3.63, 3.8) is 0 Å². The van der Waals surface area contributed by atoms with Crippen molar-refractivity contribution >= 4 is 28.8 Å².